The maximum atomic E-state index is 12.9. The molecule has 0 aliphatic carbocycles. The number of hydrogen-bond acceptors (Lipinski definition) is 4. The number of aromatic hydroxyl groups is 1. The number of nitrogens with zero attached hydrogens (tertiary/aromatic N) is 1. The fraction of sp³-hybridized carbons (Fsp3) is 0. The highest BCUT2D eigenvalue weighted by molar-refractivity contribution is 7.92. The minimum Gasteiger partial charge on any atom is -0.507 e. The van der Waals surface area contributed by atoms with Crippen LogP contribution in [0.4, 0.5) is 15.8 Å². The van der Waals surface area contributed by atoms with E-state index < -0.39 is 15.8 Å². The summed E-state index contributed by atoms with van der Waals surface area (Å²) in [5.41, 5.74) is 1.35. The lowest BCUT2D eigenvalue weighted by Crippen LogP contribution is -2.12. The van der Waals surface area contributed by atoms with Gasteiger partial charge in [0.15, 0.2) is 0 Å². The van der Waals surface area contributed by atoms with Crippen LogP contribution in [0, 0.1) is 5.82 Å². The summed E-state index contributed by atoms with van der Waals surface area (Å²) in [5.74, 6) is -0.464. The van der Waals surface area contributed by atoms with Crippen molar-refractivity contribution >= 4 is 39.2 Å². The summed E-state index contributed by atoms with van der Waals surface area (Å²) in [5, 5.41) is 10.2. The first-order valence-electron chi connectivity index (χ1n) is 7.74. The van der Waals surface area contributed by atoms with Gasteiger partial charge in [-0.3, -0.25) is 9.71 Å². The Hall–Kier alpha value is -2.90. The minimum absolute atomic E-state index is 0.0394. The van der Waals surface area contributed by atoms with E-state index in [0.29, 0.717) is 22.0 Å². The van der Waals surface area contributed by atoms with Gasteiger partial charge in [0, 0.05) is 22.5 Å². The van der Waals surface area contributed by atoms with Gasteiger partial charge in [0.05, 0.1) is 10.6 Å². The van der Waals surface area contributed by atoms with Crippen molar-refractivity contribution in [2.45, 2.75) is 4.90 Å². The average molecular weight is 405 g/mol. The molecule has 3 aromatic carbocycles. The first-order valence-corrected chi connectivity index (χ1v) is 9.61. The van der Waals surface area contributed by atoms with Crippen LogP contribution in [0.5, 0.6) is 5.75 Å². The van der Waals surface area contributed by atoms with Crippen molar-refractivity contribution in [3.63, 3.8) is 0 Å². The van der Waals surface area contributed by atoms with Gasteiger partial charge in [-0.2, -0.15) is 0 Å². The van der Waals surface area contributed by atoms with Crippen LogP contribution >= 0.6 is 11.6 Å². The van der Waals surface area contributed by atoms with Crippen LogP contribution < -0.4 is 4.72 Å². The van der Waals surface area contributed by atoms with E-state index >= 15 is 0 Å². The lowest BCUT2D eigenvalue weighted by atomic mass is 10.2. The number of phenols is 1. The zero-order valence-electron chi connectivity index (χ0n) is 13.8. The summed E-state index contributed by atoms with van der Waals surface area (Å²) in [6, 6.07) is 15.5. The quantitative estimate of drug-likeness (QED) is 0.603. The smallest absolute Gasteiger partial charge is 0.261 e. The van der Waals surface area contributed by atoms with Gasteiger partial charge in [0.25, 0.3) is 10.0 Å². The predicted molar refractivity (Wildman–Crippen MR) is 104 cm³/mol. The Morgan fingerprint density at radius 1 is 1.00 bits per heavy atom. The molecule has 0 spiro atoms. The summed E-state index contributed by atoms with van der Waals surface area (Å²) in [6.45, 7) is 0. The normalized spacial score (nSPS) is 11.6. The lowest BCUT2D eigenvalue weighted by Gasteiger charge is -2.08. The van der Waals surface area contributed by atoms with E-state index in [1.807, 2.05) is 0 Å². The van der Waals surface area contributed by atoms with Gasteiger partial charge in [0.2, 0.25) is 0 Å². The number of phenolic OH excluding ortho intramolecular Hbond substituents is 1. The minimum atomic E-state index is -3.81. The van der Waals surface area contributed by atoms with Crippen molar-refractivity contribution in [3.8, 4) is 5.75 Å². The van der Waals surface area contributed by atoms with Gasteiger partial charge in [-0.25, -0.2) is 12.8 Å². The Morgan fingerprint density at radius 2 is 1.67 bits per heavy atom. The standard InChI is InChI=1S/C19H14ClFN2O3S/c20-14-1-10-19(24)13(11-14)12-22-16-4-6-17(7-5-16)23-27(25,26)18-8-2-15(21)3-9-18/h1-12,23-24H. The molecule has 0 radical (unpaired) electrons. The van der Waals surface area contributed by atoms with E-state index in [-0.39, 0.29) is 10.6 Å². The Kier molecular flexibility index (Phi) is 5.43. The second-order valence-electron chi connectivity index (χ2n) is 5.57. The third-order valence-electron chi connectivity index (χ3n) is 3.59. The maximum Gasteiger partial charge on any atom is 0.261 e. The summed E-state index contributed by atoms with van der Waals surface area (Å²) < 4.78 is 39.9. The third kappa shape index (κ3) is 4.84. The van der Waals surface area contributed by atoms with Gasteiger partial charge >= 0.3 is 0 Å². The molecule has 0 saturated heterocycles. The molecule has 0 unspecified atom stereocenters. The van der Waals surface area contributed by atoms with E-state index in [1.165, 1.54) is 24.4 Å². The van der Waals surface area contributed by atoms with Crippen LogP contribution in [-0.2, 0) is 10.0 Å². The molecule has 0 heterocycles. The first-order chi connectivity index (χ1) is 12.8. The zero-order chi connectivity index (χ0) is 19.4. The topological polar surface area (TPSA) is 78.8 Å². The number of sulfonamides is 1. The number of anilines is 1. The zero-order valence-corrected chi connectivity index (χ0v) is 15.4. The molecular formula is C19H14ClFN2O3S. The van der Waals surface area contributed by atoms with Gasteiger partial charge in [-0.05, 0) is 66.7 Å². The summed E-state index contributed by atoms with van der Waals surface area (Å²) >= 11 is 5.88. The van der Waals surface area contributed by atoms with Crippen molar-refractivity contribution in [2.75, 3.05) is 4.72 Å². The van der Waals surface area contributed by atoms with Crippen molar-refractivity contribution < 1.29 is 17.9 Å². The largest absolute Gasteiger partial charge is 0.507 e. The molecule has 0 aliphatic heterocycles. The van der Waals surface area contributed by atoms with Gasteiger partial charge < -0.3 is 5.11 Å². The van der Waals surface area contributed by atoms with Crippen LogP contribution in [0.3, 0.4) is 0 Å². The number of nitrogens with one attached hydrogen (secondary N) is 1. The van der Waals surface area contributed by atoms with Gasteiger partial charge in [0.1, 0.15) is 11.6 Å². The summed E-state index contributed by atoms with van der Waals surface area (Å²) in [4.78, 5) is 4.18. The van der Waals surface area contributed by atoms with Crippen LogP contribution in [0.25, 0.3) is 0 Å². The Morgan fingerprint density at radius 3 is 2.33 bits per heavy atom. The molecule has 0 aliphatic rings. The Bertz CT molecular complexity index is 1080. The number of halogens is 2. The van der Waals surface area contributed by atoms with Crippen molar-refractivity contribution in [3.05, 3.63) is 83.1 Å². The highest BCUT2D eigenvalue weighted by Crippen LogP contribution is 2.23. The SMILES string of the molecule is O=S(=O)(Nc1ccc(N=Cc2cc(Cl)ccc2O)cc1)c1ccc(F)cc1. The molecule has 0 aromatic heterocycles. The molecule has 27 heavy (non-hydrogen) atoms. The van der Waals surface area contributed by atoms with Crippen LogP contribution in [-0.4, -0.2) is 19.7 Å². The number of rotatable bonds is 5. The molecule has 0 bridgehead atoms. The fourth-order valence-corrected chi connectivity index (χ4v) is 3.46. The third-order valence-corrected chi connectivity index (χ3v) is 5.22. The molecular weight excluding hydrogens is 391 g/mol. The van der Waals surface area contributed by atoms with Crippen molar-refractivity contribution in [1.29, 1.82) is 0 Å². The molecule has 2 N–H and O–H groups in total. The highest BCUT2D eigenvalue weighted by Gasteiger charge is 2.13. The summed E-state index contributed by atoms with van der Waals surface area (Å²) in [6.07, 6.45) is 1.46. The van der Waals surface area contributed by atoms with E-state index in [4.69, 9.17) is 11.6 Å². The van der Waals surface area contributed by atoms with Crippen molar-refractivity contribution in [1.82, 2.24) is 0 Å². The van der Waals surface area contributed by atoms with Gasteiger partial charge in [-0.15, -0.1) is 0 Å². The summed E-state index contributed by atoms with van der Waals surface area (Å²) in [7, 11) is -3.81. The first kappa shape index (κ1) is 18.9. The highest BCUT2D eigenvalue weighted by atomic mass is 35.5. The predicted octanol–water partition coefficient (Wildman–Crippen LogP) is 4.74. The molecule has 8 heteroatoms. The molecule has 3 aromatic rings. The second-order valence-corrected chi connectivity index (χ2v) is 7.69. The van der Waals surface area contributed by atoms with E-state index in [1.54, 1.807) is 36.4 Å². The Balaban J connectivity index is 1.74. The molecule has 138 valence electrons. The van der Waals surface area contributed by atoms with Crippen LogP contribution in [0.2, 0.25) is 5.02 Å². The van der Waals surface area contributed by atoms with Crippen molar-refractivity contribution in [2.24, 2.45) is 4.99 Å². The molecule has 0 saturated carbocycles. The number of benzene rings is 3. The van der Waals surface area contributed by atoms with Crippen LogP contribution in [0.15, 0.2) is 76.6 Å². The lowest BCUT2D eigenvalue weighted by molar-refractivity contribution is 0.474. The number of hydrogen-bond donors (Lipinski definition) is 2. The maximum absolute atomic E-state index is 12.9. The van der Waals surface area contributed by atoms with E-state index in [2.05, 4.69) is 9.71 Å². The Labute approximate surface area is 160 Å². The second kappa shape index (κ2) is 7.77. The monoisotopic (exact) mass is 404 g/mol. The van der Waals surface area contributed by atoms with Gasteiger partial charge in [-0.1, -0.05) is 11.6 Å². The fourth-order valence-electron chi connectivity index (χ4n) is 2.22. The van der Waals surface area contributed by atoms with E-state index in [0.717, 1.165) is 12.1 Å². The molecule has 3 rings (SSSR count). The average Bonchev–Trinajstić information content (AvgIpc) is 2.64. The number of aliphatic imine (C=N–C) groups is 1. The molecule has 0 fully saturated rings. The molecule has 5 nitrogen and oxygen atoms in total. The molecule has 0 atom stereocenters. The molecule has 0 amide bonds. The van der Waals surface area contributed by atoms with E-state index in [9.17, 15) is 17.9 Å². The van der Waals surface area contributed by atoms with Crippen LogP contribution in [0.1, 0.15) is 5.56 Å².